The van der Waals surface area contributed by atoms with Gasteiger partial charge in [0.05, 0.1) is 29.0 Å². The third kappa shape index (κ3) is 3.82. The molecule has 2 aromatic heterocycles. The zero-order valence-corrected chi connectivity index (χ0v) is 18.6. The van der Waals surface area contributed by atoms with Gasteiger partial charge in [0.2, 0.25) is 11.0 Å². The molecular formula is C21H20ClN7O2S. The van der Waals surface area contributed by atoms with E-state index in [1.807, 2.05) is 37.3 Å². The molecule has 164 valence electrons. The summed E-state index contributed by atoms with van der Waals surface area (Å²) in [5.41, 5.74) is 9.88. The Kier molecular flexibility index (Phi) is 5.51. The Morgan fingerprint density at radius 3 is 2.88 bits per heavy atom. The molecule has 1 aliphatic rings. The summed E-state index contributed by atoms with van der Waals surface area (Å²) in [4.78, 5) is 4.44. The van der Waals surface area contributed by atoms with E-state index in [4.69, 9.17) is 22.1 Å². The average Bonchev–Trinajstić information content (AvgIpc) is 3.55. The molecule has 0 saturated heterocycles. The van der Waals surface area contributed by atoms with Crippen molar-refractivity contribution >= 4 is 50.6 Å². The molecule has 0 fully saturated rings. The predicted molar refractivity (Wildman–Crippen MR) is 125 cm³/mol. The van der Waals surface area contributed by atoms with Crippen molar-refractivity contribution in [1.29, 1.82) is 0 Å². The number of rotatable bonds is 6. The van der Waals surface area contributed by atoms with Crippen LogP contribution in [0.1, 0.15) is 24.5 Å². The third-order valence-corrected chi connectivity index (χ3v) is 6.50. The van der Waals surface area contributed by atoms with Gasteiger partial charge in [0.25, 0.3) is 0 Å². The van der Waals surface area contributed by atoms with Crippen molar-refractivity contribution < 1.29 is 9.84 Å². The number of nitrogens with two attached hydrogens (primary N) is 1. The normalized spacial score (nSPS) is 18.1. The molecule has 11 heteroatoms. The van der Waals surface area contributed by atoms with Crippen LogP contribution in [0.2, 0.25) is 5.02 Å². The highest BCUT2D eigenvalue weighted by atomic mass is 35.5. The maximum Gasteiger partial charge on any atom is 0.218 e. The molecule has 0 radical (unpaired) electrons. The van der Waals surface area contributed by atoms with Gasteiger partial charge in [0.1, 0.15) is 17.3 Å². The second-order valence-corrected chi connectivity index (χ2v) is 8.72. The fraction of sp³-hybridized carbons (Fsp3) is 0.238. The van der Waals surface area contributed by atoms with Crippen LogP contribution < -0.4 is 11.1 Å². The van der Waals surface area contributed by atoms with Gasteiger partial charge in [-0.3, -0.25) is 5.10 Å². The lowest BCUT2D eigenvalue weighted by Crippen LogP contribution is -2.29. The summed E-state index contributed by atoms with van der Waals surface area (Å²) in [7, 11) is 0. The number of nitrogens with one attached hydrogen (secondary N) is 2. The SMILES string of the molecule is CCC1OC(c2cc(CO)cc(-c3nnc(Nc4ccc5[nH]ncc5c4Cl)s3)c2)=NC1N. The molecule has 5 N–H and O–H groups in total. The monoisotopic (exact) mass is 469 g/mol. The number of aromatic amines is 1. The van der Waals surface area contributed by atoms with E-state index in [2.05, 4.69) is 30.7 Å². The van der Waals surface area contributed by atoms with Crippen molar-refractivity contribution in [3.8, 4) is 10.6 Å². The van der Waals surface area contributed by atoms with Gasteiger partial charge in [-0.05, 0) is 42.3 Å². The van der Waals surface area contributed by atoms with Gasteiger partial charge in [-0.1, -0.05) is 29.9 Å². The number of ether oxygens (including phenoxy) is 1. The van der Waals surface area contributed by atoms with Crippen molar-refractivity contribution in [3.63, 3.8) is 0 Å². The largest absolute Gasteiger partial charge is 0.470 e. The molecule has 2 atom stereocenters. The molecule has 5 rings (SSSR count). The summed E-state index contributed by atoms with van der Waals surface area (Å²) >= 11 is 7.86. The standard InChI is InChI=1S/C21H20ClN7O2S/c1-2-16-18(23)26-19(31-16)11-5-10(9-30)6-12(7-11)20-28-29-21(32-20)25-15-4-3-14-13(17(15)22)8-24-27-14/h3-8,16,18,30H,2,9,23H2,1H3,(H,24,27)(H,25,29). The molecule has 2 unspecified atom stereocenters. The highest BCUT2D eigenvalue weighted by Crippen LogP contribution is 2.35. The molecule has 2 aromatic carbocycles. The Morgan fingerprint density at radius 1 is 1.25 bits per heavy atom. The zero-order chi connectivity index (χ0) is 22.2. The Morgan fingerprint density at radius 2 is 2.09 bits per heavy atom. The molecule has 9 nitrogen and oxygen atoms in total. The van der Waals surface area contributed by atoms with E-state index in [1.54, 1.807) is 6.20 Å². The van der Waals surface area contributed by atoms with Crippen LogP contribution in [0.15, 0.2) is 41.5 Å². The second-order valence-electron chi connectivity index (χ2n) is 7.36. The fourth-order valence-corrected chi connectivity index (χ4v) is 4.55. The van der Waals surface area contributed by atoms with Gasteiger partial charge < -0.3 is 20.9 Å². The summed E-state index contributed by atoms with van der Waals surface area (Å²) < 4.78 is 5.90. The highest BCUT2D eigenvalue weighted by molar-refractivity contribution is 7.18. The van der Waals surface area contributed by atoms with E-state index in [-0.39, 0.29) is 12.7 Å². The van der Waals surface area contributed by atoms with Gasteiger partial charge in [-0.2, -0.15) is 5.10 Å². The molecule has 0 spiro atoms. The second kappa shape index (κ2) is 8.47. The van der Waals surface area contributed by atoms with Gasteiger partial charge in [-0.15, -0.1) is 10.2 Å². The number of fused-ring (bicyclic) bond motifs is 1. The third-order valence-electron chi connectivity index (χ3n) is 5.21. The first-order chi connectivity index (χ1) is 15.6. The summed E-state index contributed by atoms with van der Waals surface area (Å²) in [6.45, 7) is 1.88. The lowest BCUT2D eigenvalue weighted by Gasteiger charge is -2.12. The molecule has 0 amide bonds. The minimum Gasteiger partial charge on any atom is -0.470 e. The Bertz CT molecular complexity index is 1320. The molecule has 0 aliphatic carbocycles. The van der Waals surface area contributed by atoms with Gasteiger partial charge >= 0.3 is 0 Å². The number of hydrogen-bond acceptors (Lipinski definition) is 9. The predicted octanol–water partition coefficient (Wildman–Crippen LogP) is 3.81. The van der Waals surface area contributed by atoms with Crippen LogP contribution in [-0.2, 0) is 11.3 Å². The molecule has 32 heavy (non-hydrogen) atoms. The lowest BCUT2D eigenvalue weighted by molar-refractivity contribution is 0.189. The number of aromatic nitrogens is 4. The number of H-pyrrole nitrogens is 1. The van der Waals surface area contributed by atoms with Crippen molar-refractivity contribution in [2.45, 2.75) is 32.2 Å². The molecule has 3 heterocycles. The Labute approximate surface area is 192 Å². The number of aliphatic hydroxyl groups is 1. The number of benzene rings is 2. The molecular weight excluding hydrogens is 450 g/mol. The number of hydrogen-bond donors (Lipinski definition) is 4. The summed E-state index contributed by atoms with van der Waals surface area (Å²) in [5.74, 6) is 0.476. The van der Waals surface area contributed by atoms with Crippen molar-refractivity contribution in [3.05, 3.63) is 52.7 Å². The smallest absolute Gasteiger partial charge is 0.218 e. The zero-order valence-electron chi connectivity index (χ0n) is 17.0. The van der Waals surface area contributed by atoms with Crippen LogP contribution in [0.25, 0.3) is 21.5 Å². The van der Waals surface area contributed by atoms with Gasteiger partial charge in [0.15, 0.2) is 0 Å². The Hall–Kier alpha value is -3.05. The van der Waals surface area contributed by atoms with Gasteiger partial charge in [-0.25, -0.2) is 4.99 Å². The van der Waals surface area contributed by atoms with E-state index in [9.17, 15) is 5.11 Å². The first kappa shape index (κ1) is 20.8. The number of nitrogens with zero attached hydrogens (tertiary/aromatic N) is 4. The summed E-state index contributed by atoms with van der Waals surface area (Å²) in [5, 5.41) is 31.1. The van der Waals surface area contributed by atoms with E-state index in [0.29, 0.717) is 26.7 Å². The first-order valence-electron chi connectivity index (χ1n) is 10.0. The number of aliphatic hydroxyl groups excluding tert-OH is 1. The number of halogens is 1. The van der Waals surface area contributed by atoms with Crippen molar-refractivity contribution in [1.82, 2.24) is 20.4 Å². The van der Waals surface area contributed by atoms with E-state index in [1.165, 1.54) is 11.3 Å². The van der Waals surface area contributed by atoms with E-state index >= 15 is 0 Å². The lowest BCUT2D eigenvalue weighted by atomic mass is 10.1. The summed E-state index contributed by atoms with van der Waals surface area (Å²) in [6, 6.07) is 9.37. The summed E-state index contributed by atoms with van der Waals surface area (Å²) in [6.07, 6.45) is 1.89. The maximum absolute atomic E-state index is 9.75. The molecule has 1 aliphatic heterocycles. The highest BCUT2D eigenvalue weighted by Gasteiger charge is 2.27. The van der Waals surface area contributed by atoms with Crippen LogP contribution >= 0.6 is 22.9 Å². The number of anilines is 2. The van der Waals surface area contributed by atoms with E-state index < -0.39 is 6.17 Å². The van der Waals surface area contributed by atoms with Crippen LogP contribution in [0, 0.1) is 0 Å². The van der Waals surface area contributed by atoms with Crippen LogP contribution in [0.4, 0.5) is 10.8 Å². The number of aliphatic imine (C=N–C) groups is 1. The van der Waals surface area contributed by atoms with Crippen LogP contribution in [0.3, 0.4) is 0 Å². The topological polar surface area (TPSA) is 134 Å². The van der Waals surface area contributed by atoms with Crippen LogP contribution in [-0.4, -0.2) is 43.7 Å². The molecule has 4 aromatic rings. The quantitative estimate of drug-likeness (QED) is 0.337. The fourth-order valence-electron chi connectivity index (χ4n) is 3.54. The minimum atomic E-state index is -0.397. The van der Waals surface area contributed by atoms with Crippen LogP contribution in [0.5, 0.6) is 0 Å². The van der Waals surface area contributed by atoms with Crippen molar-refractivity contribution in [2.75, 3.05) is 5.32 Å². The minimum absolute atomic E-state index is 0.123. The van der Waals surface area contributed by atoms with E-state index in [0.717, 1.165) is 34.0 Å². The first-order valence-corrected chi connectivity index (χ1v) is 11.2. The maximum atomic E-state index is 9.75. The van der Waals surface area contributed by atoms with Gasteiger partial charge in [0, 0.05) is 16.5 Å². The van der Waals surface area contributed by atoms with Crippen molar-refractivity contribution in [2.24, 2.45) is 10.7 Å². The molecule has 0 bridgehead atoms. The Balaban J connectivity index is 1.44. The molecule has 0 saturated carbocycles. The average molecular weight is 470 g/mol.